The van der Waals surface area contributed by atoms with Crippen LogP contribution in [0.25, 0.3) is 0 Å². The molecule has 2 rings (SSSR count). The monoisotopic (exact) mass is 227 g/mol. The first-order valence-corrected chi connectivity index (χ1v) is 5.93. The van der Waals surface area contributed by atoms with Gasteiger partial charge in [-0.15, -0.1) is 5.73 Å². The van der Waals surface area contributed by atoms with Gasteiger partial charge in [0.25, 0.3) is 0 Å². The minimum Gasteiger partial charge on any atom is -0.262 e. The summed E-state index contributed by atoms with van der Waals surface area (Å²) in [6.07, 6.45) is 11.7. The van der Waals surface area contributed by atoms with Crippen molar-refractivity contribution in [3.8, 4) is 0 Å². The number of aryl methyl sites for hydroxylation is 1. The normalized spacial score (nSPS) is 11.4. The van der Waals surface area contributed by atoms with E-state index >= 15 is 0 Å². The van der Waals surface area contributed by atoms with Crippen molar-refractivity contribution in [3.63, 3.8) is 0 Å². The molecule has 0 radical (unpaired) electrons. The van der Waals surface area contributed by atoms with E-state index < -0.39 is 0 Å². The molecule has 0 amide bonds. The molecule has 0 aromatic carbocycles. The summed E-state index contributed by atoms with van der Waals surface area (Å²) in [6, 6.07) is 5.86. The number of hydrogen-bond donors (Lipinski definition) is 0. The molecule has 0 unspecified atom stereocenters. The molecule has 1 aromatic heterocycles. The number of allylic oxidation sites excluding steroid dienone is 5. The molecule has 0 fully saturated rings. The van der Waals surface area contributed by atoms with Crippen LogP contribution in [0.15, 0.2) is 66.1 Å². The zero-order valence-corrected chi connectivity index (χ0v) is 11.1. The molecular weight excluding hydrogens is 206 g/mol. The Kier molecular flexibility index (Phi) is 9.50. The van der Waals surface area contributed by atoms with Gasteiger partial charge in [-0.2, -0.15) is 0 Å². The summed E-state index contributed by atoms with van der Waals surface area (Å²) in [6.45, 7) is 8.00. The van der Waals surface area contributed by atoms with E-state index in [9.17, 15) is 0 Å². The summed E-state index contributed by atoms with van der Waals surface area (Å²) in [5.74, 6) is 0. The Balaban J connectivity index is 0.000000265. The molecule has 90 valence electrons. The van der Waals surface area contributed by atoms with Gasteiger partial charge in [0.2, 0.25) is 0 Å². The second-order valence-electron chi connectivity index (χ2n) is 3.21. The van der Waals surface area contributed by atoms with Crippen molar-refractivity contribution in [2.45, 2.75) is 27.7 Å². The van der Waals surface area contributed by atoms with Crippen molar-refractivity contribution in [1.29, 1.82) is 0 Å². The Bertz CT molecular complexity index is 404. The summed E-state index contributed by atoms with van der Waals surface area (Å²) < 4.78 is 0. The lowest BCUT2D eigenvalue weighted by atomic mass is 10.3. The molecule has 0 saturated heterocycles. The number of hydrogen-bond acceptors (Lipinski definition) is 1. The summed E-state index contributed by atoms with van der Waals surface area (Å²) in [5.41, 5.74) is 5.31. The SMILES string of the molecule is CC.CC1=C=CC=CC=C1.Cc1ccccn1. The molecule has 0 bridgehead atoms. The maximum absolute atomic E-state index is 3.98. The molecule has 0 saturated carbocycles. The van der Waals surface area contributed by atoms with Crippen LogP contribution in [0.4, 0.5) is 0 Å². The quantitative estimate of drug-likeness (QED) is 0.589. The van der Waals surface area contributed by atoms with Gasteiger partial charge >= 0.3 is 0 Å². The molecule has 0 aliphatic heterocycles. The summed E-state index contributed by atoms with van der Waals surface area (Å²) >= 11 is 0. The fraction of sp³-hybridized carbons (Fsp3) is 0.250. The first kappa shape index (κ1) is 15.2. The van der Waals surface area contributed by atoms with Gasteiger partial charge in [0.15, 0.2) is 0 Å². The van der Waals surface area contributed by atoms with Crippen LogP contribution in [0.1, 0.15) is 26.5 Å². The molecule has 1 aliphatic rings. The third-order valence-electron chi connectivity index (χ3n) is 1.79. The molecule has 0 N–H and O–H groups in total. The Morgan fingerprint density at radius 3 is 2.29 bits per heavy atom. The number of rotatable bonds is 0. The number of nitrogens with zero attached hydrogens (tertiary/aromatic N) is 1. The molecule has 0 atom stereocenters. The largest absolute Gasteiger partial charge is 0.262 e. The maximum atomic E-state index is 3.98. The van der Waals surface area contributed by atoms with Crippen LogP contribution in [0.5, 0.6) is 0 Å². The molecule has 1 aromatic rings. The Labute approximate surface area is 105 Å². The van der Waals surface area contributed by atoms with Crippen LogP contribution in [0.2, 0.25) is 0 Å². The highest BCUT2D eigenvalue weighted by Crippen LogP contribution is 1.95. The molecule has 0 spiro atoms. The zero-order valence-electron chi connectivity index (χ0n) is 11.1. The number of aromatic nitrogens is 1. The van der Waals surface area contributed by atoms with Crippen molar-refractivity contribution in [1.82, 2.24) is 4.98 Å². The van der Waals surface area contributed by atoms with E-state index in [1.807, 2.05) is 76.3 Å². The predicted octanol–water partition coefficient (Wildman–Crippen LogP) is 4.63. The van der Waals surface area contributed by atoms with Gasteiger partial charge in [-0.3, -0.25) is 4.98 Å². The lowest BCUT2D eigenvalue weighted by Crippen LogP contribution is -1.72. The standard InChI is InChI=1S/C8H8.C6H7N.C2H6/c1-8-6-4-2-3-5-7-8;1-6-4-2-3-5-7-6;1-2/h2-6H,1H3;2-5H,1H3;1-2H3. The van der Waals surface area contributed by atoms with Crippen LogP contribution >= 0.6 is 0 Å². The Morgan fingerprint density at radius 1 is 1.00 bits per heavy atom. The minimum atomic E-state index is 1.07. The van der Waals surface area contributed by atoms with Crippen molar-refractivity contribution >= 4 is 0 Å². The van der Waals surface area contributed by atoms with Crippen molar-refractivity contribution in [3.05, 3.63) is 71.8 Å². The highest BCUT2D eigenvalue weighted by molar-refractivity contribution is 5.26. The lowest BCUT2D eigenvalue weighted by Gasteiger charge is -1.82. The van der Waals surface area contributed by atoms with Crippen LogP contribution in [-0.2, 0) is 0 Å². The van der Waals surface area contributed by atoms with Crippen molar-refractivity contribution in [2.75, 3.05) is 0 Å². The Hall–Kier alpha value is -1.85. The van der Waals surface area contributed by atoms with Gasteiger partial charge in [0, 0.05) is 11.9 Å². The van der Waals surface area contributed by atoms with Gasteiger partial charge in [-0.05, 0) is 37.6 Å². The topological polar surface area (TPSA) is 12.9 Å². The second-order valence-corrected chi connectivity index (χ2v) is 3.21. The molecule has 1 heterocycles. The third-order valence-corrected chi connectivity index (χ3v) is 1.79. The molecule has 1 aliphatic carbocycles. The fourth-order valence-corrected chi connectivity index (χ4v) is 0.995. The summed E-state index contributed by atoms with van der Waals surface area (Å²) in [5, 5.41) is 0. The van der Waals surface area contributed by atoms with E-state index in [-0.39, 0.29) is 0 Å². The highest BCUT2D eigenvalue weighted by atomic mass is 14.6. The average molecular weight is 227 g/mol. The van der Waals surface area contributed by atoms with E-state index in [4.69, 9.17) is 0 Å². The van der Waals surface area contributed by atoms with Crippen molar-refractivity contribution in [2.24, 2.45) is 0 Å². The number of pyridine rings is 1. The third kappa shape index (κ3) is 9.10. The van der Waals surface area contributed by atoms with Crippen LogP contribution in [0, 0.1) is 6.92 Å². The first-order chi connectivity index (χ1) is 8.29. The Morgan fingerprint density at radius 2 is 1.76 bits per heavy atom. The van der Waals surface area contributed by atoms with Crippen LogP contribution < -0.4 is 0 Å². The first-order valence-electron chi connectivity index (χ1n) is 5.93. The fourth-order valence-electron chi connectivity index (χ4n) is 0.995. The summed E-state index contributed by atoms with van der Waals surface area (Å²) in [4.78, 5) is 3.98. The summed E-state index contributed by atoms with van der Waals surface area (Å²) in [7, 11) is 0. The molecule has 17 heavy (non-hydrogen) atoms. The van der Waals surface area contributed by atoms with Crippen molar-refractivity contribution < 1.29 is 0 Å². The van der Waals surface area contributed by atoms with Crippen LogP contribution in [-0.4, -0.2) is 4.98 Å². The smallest absolute Gasteiger partial charge is 0.0372 e. The average Bonchev–Trinajstić information content (AvgIpc) is 2.61. The van der Waals surface area contributed by atoms with Gasteiger partial charge in [-0.25, -0.2) is 0 Å². The van der Waals surface area contributed by atoms with Gasteiger partial charge in [0.1, 0.15) is 0 Å². The highest BCUT2D eigenvalue weighted by Gasteiger charge is 1.75. The van der Waals surface area contributed by atoms with E-state index in [0.29, 0.717) is 0 Å². The van der Waals surface area contributed by atoms with E-state index in [1.54, 1.807) is 6.20 Å². The molecule has 1 nitrogen and oxygen atoms in total. The zero-order chi connectivity index (χ0) is 12.9. The molecule has 1 heteroatoms. The van der Waals surface area contributed by atoms with E-state index in [1.165, 1.54) is 5.57 Å². The van der Waals surface area contributed by atoms with Crippen LogP contribution in [0.3, 0.4) is 0 Å². The predicted molar refractivity (Wildman–Crippen MR) is 75.9 cm³/mol. The maximum Gasteiger partial charge on any atom is 0.0372 e. The van der Waals surface area contributed by atoms with Gasteiger partial charge < -0.3 is 0 Å². The minimum absolute atomic E-state index is 1.07. The van der Waals surface area contributed by atoms with Gasteiger partial charge in [-0.1, -0.05) is 44.2 Å². The second kappa shape index (κ2) is 10.7. The van der Waals surface area contributed by atoms with E-state index in [2.05, 4.69) is 10.7 Å². The molecular formula is C16H21N. The van der Waals surface area contributed by atoms with Gasteiger partial charge in [0.05, 0.1) is 0 Å². The lowest BCUT2D eigenvalue weighted by molar-refractivity contribution is 1.20. The van der Waals surface area contributed by atoms with E-state index in [0.717, 1.165) is 5.69 Å².